The van der Waals surface area contributed by atoms with E-state index in [1.807, 2.05) is 29.0 Å². The average molecular weight is 361 g/mol. The van der Waals surface area contributed by atoms with Crippen LogP contribution < -0.4 is 5.32 Å². The van der Waals surface area contributed by atoms with E-state index < -0.39 is 0 Å². The molecule has 0 radical (unpaired) electrons. The summed E-state index contributed by atoms with van der Waals surface area (Å²) < 4.78 is 4.94. The highest BCUT2D eigenvalue weighted by Gasteiger charge is 2.21. The lowest BCUT2D eigenvalue weighted by Crippen LogP contribution is -2.25. The second-order valence-corrected chi connectivity index (χ2v) is 7.49. The molecule has 6 heteroatoms. The number of methoxy groups -OCH3 is 1. The molecule has 0 bridgehead atoms. The predicted molar refractivity (Wildman–Crippen MR) is 98.8 cm³/mol. The number of esters is 1. The van der Waals surface area contributed by atoms with Gasteiger partial charge in [0.15, 0.2) is 0 Å². The van der Waals surface area contributed by atoms with Gasteiger partial charge in [-0.25, -0.2) is 4.79 Å². The molecule has 1 aromatic carbocycles. The first-order chi connectivity index (χ1) is 11.7. The molecule has 1 amide bonds. The predicted octanol–water partition coefficient (Wildman–Crippen LogP) is 4.35. The molecule has 1 aromatic heterocycles. The minimum Gasteiger partial charge on any atom is -0.465 e. The van der Waals surface area contributed by atoms with E-state index in [9.17, 15) is 9.59 Å². The minimum absolute atomic E-state index is 0.0769. The highest BCUT2D eigenvalue weighted by atomic mass is 32.2. The summed E-state index contributed by atoms with van der Waals surface area (Å²) in [5, 5.41) is 7.06. The Kier molecular flexibility index (Phi) is 5.58. The fraction of sp³-hybridized carbons (Fsp3) is 0.333. The molecule has 2 aromatic rings. The van der Waals surface area contributed by atoms with Gasteiger partial charge >= 0.3 is 5.97 Å². The van der Waals surface area contributed by atoms with Crippen LogP contribution in [0.4, 0.5) is 4.79 Å². The third-order valence-corrected chi connectivity index (χ3v) is 5.71. The molecule has 3 rings (SSSR count). The maximum atomic E-state index is 12.1. The van der Waals surface area contributed by atoms with E-state index in [1.165, 1.54) is 18.9 Å². The summed E-state index contributed by atoms with van der Waals surface area (Å²) >= 11 is 2.96. The van der Waals surface area contributed by atoms with Gasteiger partial charge in [-0.3, -0.25) is 4.79 Å². The lowest BCUT2D eigenvalue weighted by atomic mass is 9.97. The molecule has 4 nitrogen and oxygen atoms in total. The molecular formula is C18H19NO3S2. The molecule has 2 heterocycles. The Morgan fingerprint density at radius 2 is 2.25 bits per heavy atom. The Labute approximate surface area is 149 Å². The molecule has 126 valence electrons. The third kappa shape index (κ3) is 3.99. The van der Waals surface area contributed by atoms with Crippen LogP contribution in [0.25, 0.3) is 11.1 Å². The lowest BCUT2D eigenvalue weighted by molar-refractivity contribution is 0.0601. The largest absolute Gasteiger partial charge is 0.465 e. The molecule has 1 N–H and O–H groups in total. The van der Waals surface area contributed by atoms with Crippen molar-refractivity contribution >= 4 is 34.3 Å². The van der Waals surface area contributed by atoms with Crippen LogP contribution in [0.5, 0.6) is 0 Å². The third-order valence-electron chi connectivity index (χ3n) is 4.08. The number of rotatable bonds is 6. The Balaban J connectivity index is 1.70. The van der Waals surface area contributed by atoms with Gasteiger partial charge < -0.3 is 10.1 Å². The van der Waals surface area contributed by atoms with E-state index in [1.54, 1.807) is 11.3 Å². The van der Waals surface area contributed by atoms with Crippen LogP contribution in [0.2, 0.25) is 0 Å². The minimum atomic E-state index is -0.308. The van der Waals surface area contributed by atoms with Crippen LogP contribution in [-0.4, -0.2) is 30.1 Å². The van der Waals surface area contributed by atoms with Crippen LogP contribution in [0.15, 0.2) is 35.0 Å². The standard InChI is InChI=1S/C18H19NO3S2/c1-22-17(20)16-9-12(3-2-4-14-11-24-18(21)19-14)5-6-15(16)13-7-8-23-10-13/h5-10,14H,2-4,11H2,1H3,(H,19,21). The zero-order valence-electron chi connectivity index (χ0n) is 13.4. The molecule has 1 unspecified atom stereocenters. The number of ether oxygens (including phenoxy) is 1. The average Bonchev–Trinajstić information content (AvgIpc) is 3.26. The van der Waals surface area contributed by atoms with E-state index in [0.29, 0.717) is 5.56 Å². The lowest BCUT2D eigenvalue weighted by Gasteiger charge is -2.11. The molecule has 1 atom stereocenters. The quantitative estimate of drug-likeness (QED) is 0.777. The van der Waals surface area contributed by atoms with E-state index in [2.05, 4.69) is 11.4 Å². The normalized spacial score (nSPS) is 16.9. The second-order valence-electron chi connectivity index (χ2n) is 5.72. The smallest absolute Gasteiger partial charge is 0.338 e. The van der Waals surface area contributed by atoms with Gasteiger partial charge in [0.25, 0.3) is 5.24 Å². The van der Waals surface area contributed by atoms with Crippen molar-refractivity contribution in [2.45, 2.75) is 25.3 Å². The van der Waals surface area contributed by atoms with Crippen molar-refractivity contribution in [1.82, 2.24) is 5.32 Å². The number of thioether (sulfide) groups is 1. The maximum Gasteiger partial charge on any atom is 0.338 e. The van der Waals surface area contributed by atoms with Gasteiger partial charge in [0, 0.05) is 11.8 Å². The van der Waals surface area contributed by atoms with Crippen molar-refractivity contribution in [3.63, 3.8) is 0 Å². The number of hydrogen-bond donors (Lipinski definition) is 1. The first-order valence-corrected chi connectivity index (χ1v) is 9.77. The molecule has 1 saturated heterocycles. The first-order valence-electron chi connectivity index (χ1n) is 7.84. The van der Waals surface area contributed by atoms with Gasteiger partial charge in [0.05, 0.1) is 12.7 Å². The van der Waals surface area contributed by atoms with Gasteiger partial charge in [-0.1, -0.05) is 23.9 Å². The van der Waals surface area contributed by atoms with Crippen molar-refractivity contribution in [2.24, 2.45) is 0 Å². The zero-order valence-corrected chi connectivity index (χ0v) is 15.0. The van der Waals surface area contributed by atoms with Crippen molar-refractivity contribution in [2.75, 3.05) is 12.9 Å². The fourth-order valence-corrected chi connectivity index (χ4v) is 4.34. The number of amides is 1. The summed E-state index contributed by atoms with van der Waals surface area (Å²) in [5.74, 6) is 0.543. The monoisotopic (exact) mass is 361 g/mol. The molecule has 0 aliphatic carbocycles. The number of nitrogens with one attached hydrogen (secondary N) is 1. The Bertz CT molecular complexity index is 728. The van der Waals surface area contributed by atoms with Gasteiger partial charge in [-0.2, -0.15) is 11.3 Å². The van der Waals surface area contributed by atoms with E-state index >= 15 is 0 Å². The molecular weight excluding hydrogens is 342 g/mol. The van der Waals surface area contributed by atoms with Gasteiger partial charge in [0.2, 0.25) is 0 Å². The number of aryl methyl sites for hydroxylation is 1. The Morgan fingerprint density at radius 1 is 1.38 bits per heavy atom. The fourth-order valence-electron chi connectivity index (χ4n) is 2.83. The number of thiophene rings is 1. The topological polar surface area (TPSA) is 55.4 Å². The number of carbonyl (C=O) groups excluding carboxylic acids is 2. The van der Waals surface area contributed by atoms with Gasteiger partial charge in [0.1, 0.15) is 0 Å². The SMILES string of the molecule is COC(=O)c1cc(CCCC2CSC(=O)N2)ccc1-c1ccsc1. The summed E-state index contributed by atoms with van der Waals surface area (Å²) in [5.41, 5.74) is 3.67. The molecule has 1 fully saturated rings. The van der Waals surface area contributed by atoms with Crippen molar-refractivity contribution in [1.29, 1.82) is 0 Å². The van der Waals surface area contributed by atoms with Crippen molar-refractivity contribution in [3.8, 4) is 11.1 Å². The van der Waals surface area contributed by atoms with E-state index in [0.717, 1.165) is 41.7 Å². The summed E-state index contributed by atoms with van der Waals surface area (Å²) in [6, 6.07) is 8.28. The van der Waals surface area contributed by atoms with Crippen LogP contribution in [0.3, 0.4) is 0 Å². The summed E-state index contributed by atoms with van der Waals surface area (Å²) in [7, 11) is 1.41. The van der Waals surface area contributed by atoms with Crippen LogP contribution >= 0.6 is 23.1 Å². The number of carbonyl (C=O) groups is 2. The molecule has 1 aliphatic heterocycles. The molecule has 0 saturated carbocycles. The summed E-state index contributed by atoms with van der Waals surface area (Å²) in [6.45, 7) is 0. The van der Waals surface area contributed by atoms with Crippen LogP contribution in [0.1, 0.15) is 28.8 Å². The van der Waals surface area contributed by atoms with Crippen molar-refractivity contribution < 1.29 is 14.3 Å². The molecule has 24 heavy (non-hydrogen) atoms. The Hall–Kier alpha value is -1.79. The summed E-state index contributed by atoms with van der Waals surface area (Å²) in [6.07, 6.45) is 2.81. The second kappa shape index (κ2) is 7.85. The number of hydrogen-bond acceptors (Lipinski definition) is 5. The van der Waals surface area contributed by atoms with E-state index in [4.69, 9.17) is 4.74 Å². The highest BCUT2D eigenvalue weighted by Crippen LogP contribution is 2.28. The summed E-state index contributed by atoms with van der Waals surface area (Å²) in [4.78, 5) is 23.3. The van der Waals surface area contributed by atoms with Crippen LogP contribution in [0, 0.1) is 0 Å². The van der Waals surface area contributed by atoms with Gasteiger partial charge in [-0.05, 0) is 58.8 Å². The van der Waals surface area contributed by atoms with E-state index in [-0.39, 0.29) is 17.3 Å². The highest BCUT2D eigenvalue weighted by molar-refractivity contribution is 8.13. The Morgan fingerprint density at radius 3 is 2.92 bits per heavy atom. The van der Waals surface area contributed by atoms with Gasteiger partial charge in [-0.15, -0.1) is 0 Å². The van der Waals surface area contributed by atoms with Crippen molar-refractivity contribution in [3.05, 3.63) is 46.2 Å². The molecule has 1 aliphatic rings. The van der Waals surface area contributed by atoms with Crippen LogP contribution in [-0.2, 0) is 11.2 Å². The zero-order chi connectivity index (χ0) is 16.9. The first kappa shape index (κ1) is 17.0. The molecule has 0 spiro atoms. The number of benzene rings is 1. The maximum absolute atomic E-state index is 12.1.